The molecule has 1 N–H and O–H groups in total. The van der Waals surface area contributed by atoms with Gasteiger partial charge in [-0.15, -0.1) is 0 Å². The van der Waals surface area contributed by atoms with Crippen LogP contribution in [0.2, 0.25) is 0 Å². The van der Waals surface area contributed by atoms with Gasteiger partial charge < -0.3 is 4.98 Å². The van der Waals surface area contributed by atoms with E-state index < -0.39 is 0 Å². The van der Waals surface area contributed by atoms with Crippen molar-refractivity contribution in [2.45, 2.75) is 58.8 Å². The maximum atomic E-state index is 5.26. The van der Waals surface area contributed by atoms with Crippen LogP contribution in [-0.4, -0.2) is 9.97 Å². The molecule has 0 aromatic carbocycles. The predicted octanol–water partition coefficient (Wildman–Crippen LogP) is 4.63. The zero-order valence-corrected chi connectivity index (χ0v) is 12.5. The summed E-state index contributed by atoms with van der Waals surface area (Å²) in [6, 6.07) is 1.98. The van der Waals surface area contributed by atoms with E-state index in [1.165, 1.54) is 31.4 Å². The largest absolute Gasteiger partial charge is 0.347 e. The predicted molar refractivity (Wildman–Crippen MR) is 78.3 cm³/mol. The van der Waals surface area contributed by atoms with Gasteiger partial charge in [0.05, 0.1) is 0 Å². The van der Waals surface area contributed by atoms with E-state index in [4.69, 9.17) is 12.2 Å². The second-order valence-corrected chi connectivity index (χ2v) is 6.26. The van der Waals surface area contributed by atoms with Crippen molar-refractivity contribution >= 4 is 12.2 Å². The fourth-order valence-corrected chi connectivity index (χ4v) is 3.21. The number of rotatable bonds is 3. The highest BCUT2D eigenvalue weighted by molar-refractivity contribution is 7.71. The van der Waals surface area contributed by atoms with E-state index in [1.807, 2.05) is 6.07 Å². The van der Waals surface area contributed by atoms with E-state index in [0.717, 1.165) is 28.7 Å². The molecule has 0 bridgehead atoms. The summed E-state index contributed by atoms with van der Waals surface area (Å²) in [6.45, 7) is 6.84. The van der Waals surface area contributed by atoms with Crippen LogP contribution < -0.4 is 0 Å². The van der Waals surface area contributed by atoms with Gasteiger partial charge in [0.15, 0.2) is 0 Å². The fourth-order valence-electron chi connectivity index (χ4n) is 2.97. The van der Waals surface area contributed by atoms with Crippen molar-refractivity contribution in [1.29, 1.82) is 0 Å². The van der Waals surface area contributed by atoms with Crippen LogP contribution >= 0.6 is 12.2 Å². The molecule has 1 aliphatic carbocycles. The standard InChI is InChI=1S/C15H24N2S/c1-4-13-9-14(18)17-15(16-13)12-7-5-11(6-8-12)10(2)3/h9-12H,4-8H2,1-3H3,(H,16,17,18). The van der Waals surface area contributed by atoms with Gasteiger partial charge in [-0.3, -0.25) is 0 Å². The smallest absolute Gasteiger partial charge is 0.129 e. The van der Waals surface area contributed by atoms with E-state index in [1.54, 1.807) is 0 Å². The molecule has 100 valence electrons. The monoisotopic (exact) mass is 264 g/mol. The summed E-state index contributed by atoms with van der Waals surface area (Å²) in [7, 11) is 0. The first-order chi connectivity index (χ1) is 8.60. The molecule has 1 aromatic rings. The second kappa shape index (κ2) is 5.96. The van der Waals surface area contributed by atoms with Gasteiger partial charge in [0.25, 0.3) is 0 Å². The Morgan fingerprint density at radius 3 is 2.56 bits per heavy atom. The molecule has 0 atom stereocenters. The summed E-state index contributed by atoms with van der Waals surface area (Å²) in [5.41, 5.74) is 1.22. The molecule has 2 rings (SSSR count). The molecule has 1 fully saturated rings. The highest BCUT2D eigenvalue weighted by atomic mass is 32.1. The lowest BCUT2D eigenvalue weighted by Crippen LogP contribution is -2.19. The summed E-state index contributed by atoms with van der Waals surface area (Å²) >= 11 is 5.26. The summed E-state index contributed by atoms with van der Waals surface area (Å²) in [4.78, 5) is 8.01. The van der Waals surface area contributed by atoms with Gasteiger partial charge in [0, 0.05) is 11.6 Å². The van der Waals surface area contributed by atoms with Gasteiger partial charge in [-0.2, -0.15) is 0 Å². The van der Waals surface area contributed by atoms with Crippen LogP contribution in [0, 0.1) is 16.5 Å². The minimum atomic E-state index is 0.591. The number of aromatic nitrogens is 2. The topological polar surface area (TPSA) is 28.7 Å². The van der Waals surface area contributed by atoms with E-state index in [-0.39, 0.29) is 0 Å². The molecule has 2 nitrogen and oxygen atoms in total. The van der Waals surface area contributed by atoms with Gasteiger partial charge in [-0.25, -0.2) is 4.98 Å². The first-order valence-electron chi connectivity index (χ1n) is 7.20. The van der Waals surface area contributed by atoms with Crippen molar-refractivity contribution in [2.75, 3.05) is 0 Å². The number of aromatic amines is 1. The third-order valence-corrected chi connectivity index (χ3v) is 4.51. The quantitative estimate of drug-likeness (QED) is 0.806. The molecule has 0 unspecified atom stereocenters. The Hall–Kier alpha value is -0.700. The Balaban J connectivity index is 2.09. The lowest BCUT2D eigenvalue weighted by molar-refractivity contribution is 0.254. The van der Waals surface area contributed by atoms with Crippen molar-refractivity contribution in [2.24, 2.45) is 11.8 Å². The van der Waals surface area contributed by atoms with Gasteiger partial charge in [0.2, 0.25) is 0 Å². The van der Waals surface area contributed by atoms with Crippen molar-refractivity contribution < 1.29 is 0 Å². The molecule has 18 heavy (non-hydrogen) atoms. The molecular weight excluding hydrogens is 240 g/mol. The van der Waals surface area contributed by atoms with Crippen molar-refractivity contribution in [3.05, 3.63) is 22.2 Å². The molecule has 1 aliphatic rings. The van der Waals surface area contributed by atoms with Crippen LogP contribution in [0.25, 0.3) is 0 Å². The van der Waals surface area contributed by atoms with Crippen LogP contribution in [0.15, 0.2) is 6.07 Å². The zero-order chi connectivity index (χ0) is 13.1. The Labute approximate surface area is 115 Å². The third-order valence-electron chi connectivity index (χ3n) is 4.30. The number of nitrogens with zero attached hydrogens (tertiary/aromatic N) is 1. The third kappa shape index (κ3) is 3.19. The SMILES string of the molecule is CCc1cc(=S)nc(C2CCC(C(C)C)CC2)[nH]1. The average molecular weight is 264 g/mol. The molecular formula is C15H24N2S. The van der Waals surface area contributed by atoms with Crippen LogP contribution in [0.5, 0.6) is 0 Å². The van der Waals surface area contributed by atoms with Gasteiger partial charge in [-0.1, -0.05) is 33.0 Å². The summed E-state index contributed by atoms with van der Waals surface area (Å²) in [6.07, 6.45) is 6.19. The van der Waals surface area contributed by atoms with Crippen molar-refractivity contribution in [3.63, 3.8) is 0 Å². The zero-order valence-electron chi connectivity index (χ0n) is 11.7. The summed E-state index contributed by atoms with van der Waals surface area (Å²) in [5.74, 6) is 3.44. The average Bonchev–Trinajstić information content (AvgIpc) is 2.38. The van der Waals surface area contributed by atoms with Gasteiger partial charge >= 0.3 is 0 Å². The van der Waals surface area contributed by atoms with Crippen LogP contribution in [0.3, 0.4) is 0 Å². The number of hydrogen-bond donors (Lipinski definition) is 1. The number of aryl methyl sites for hydroxylation is 1. The number of nitrogens with one attached hydrogen (secondary N) is 1. The molecule has 0 spiro atoms. The number of hydrogen-bond acceptors (Lipinski definition) is 2. The second-order valence-electron chi connectivity index (χ2n) is 5.84. The minimum absolute atomic E-state index is 0.591. The fraction of sp³-hybridized carbons (Fsp3) is 0.733. The molecule has 0 saturated heterocycles. The normalized spacial score (nSPS) is 24.4. The molecule has 3 heteroatoms. The molecule has 0 amide bonds. The molecule has 0 aliphatic heterocycles. The first-order valence-corrected chi connectivity index (χ1v) is 7.61. The molecule has 1 saturated carbocycles. The Morgan fingerprint density at radius 2 is 2.00 bits per heavy atom. The Kier molecular flexibility index (Phi) is 4.55. The molecule has 1 heterocycles. The van der Waals surface area contributed by atoms with Crippen molar-refractivity contribution in [1.82, 2.24) is 9.97 Å². The Bertz CT molecular complexity index is 442. The van der Waals surface area contributed by atoms with Crippen LogP contribution in [-0.2, 0) is 6.42 Å². The van der Waals surface area contributed by atoms with E-state index >= 15 is 0 Å². The first kappa shape index (κ1) is 13.7. The highest BCUT2D eigenvalue weighted by Crippen LogP contribution is 2.37. The Morgan fingerprint density at radius 1 is 1.33 bits per heavy atom. The highest BCUT2D eigenvalue weighted by Gasteiger charge is 2.25. The summed E-state index contributed by atoms with van der Waals surface area (Å²) < 4.78 is 0.742. The van der Waals surface area contributed by atoms with E-state index in [9.17, 15) is 0 Å². The maximum absolute atomic E-state index is 5.26. The number of H-pyrrole nitrogens is 1. The van der Waals surface area contributed by atoms with Crippen LogP contribution in [0.4, 0.5) is 0 Å². The molecule has 0 radical (unpaired) electrons. The van der Waals surface area contributed by atoms with E-state index in [2.05, 4.69) is 30.7 Å². The minimum Gasteiger partial charge on any atom is -0.347 e. The van der Waals surface area contributed by atoms with E-state index in [0.29, 0.717) is 5.92 Å². The lowest BCUT2D eigenvalue weighted by atomic mass is 9.77. The van der Waals surface area contributed by atoms with Gasteiger partial charge in [-0.05, 0) is 50.0 Å². The maximum Gasteiger partial charge on any atom is 0.129 e. The molecule has 1 aromatic heterocycles. The van der Waals surface area contributed by atoms with Crippen LogP contribution in [0.1, 0.15) is 63.9 Å². The van der Waals surface area contributed by atoms with Crippen molar-refractivity contribution in [3.8, 4) is 0 Å². The van der Waals surface area contributed by atoms with Gasteiger partial charge in [0.1, 0.15) is 10.5 Å². The lowest BCUT2D eigenvalue weighted by Gasteiger charge is -2.30. The summed E-state index contributed by atoms with van der Waals surface area (Å²) in [5, 5.41) is 0.